The van der Waals surface area contributed by atoms with Gasteiger partial charge in [-0.25, -0.2) is 0 Å². The number of aliphatic hydroxyl groups is 1. The van der Waals surface area contributed by atoms with Crippen molar-refractivity contribution in [3.8, 4) is 11.5 Å². The molecule has 4 rings (SSSR count). The number of carbonyl (C=O) groups is 2. The van der Waals surface area contributed by atoms with Gasteiger partial charge in [0, 0.05) is 22.6 Å². The van der Waals surface area contributed by atoms with Crippen molar-refractivity contribution in [2.75, 3.05) is 20.8 Å². The first-order chi connectivity index (χ1) is 17.8. The molecule has 1 aliphatic heterocycles. The van der Waals surface area contributed by atoms with E-state index >= 15 is 0 Å². The van der Waals surface area contributed by atoms with Crippen LogP contribution in [0.25, 0.3) is 5.76 Å². The smallest absolute Gasteiger partial charge is 0.295 e. The van der Waals surface area contributed by atoms with E-state index in [0.717, 1.165) is 10.0 Å². The summed E-state index contributed by atoms with van der Waals surface area (Å²) in [6, 6.07) is 16.6. The number of amides is 1. The molecule has 10 heteroatoms. The number of benzene rings is 3. The maximum Gasteiger partial charge on any atom is 0.295 e. The molecule has 1 saturated heterocycles. The lowest BCUT2D eigenvalue weighted by Crippen LogP contribution is -2.32. The Morgan fingerprint density at radius 3 is 2.35 bits per heavy atom. The van der Waals surface area contributed by atoms with Crippen molar-refractivity contribution in [2.45, 2.75) is 12.5 Å². The molecule has 1 amide bonds. The fourth-order valence-corrected chi connectivity index (χ4v) is 4.63. The van der Waals surface area contributed by atoms with Crippen molar-refractivity contribution >= 4 is 39.1 Å². The molecule has 9 nitrogen and oxygen atoms in total. The number of nitrogens with zero attached hydrogens (tertiary/aromatic N) is 2. The number of carbonyl (C=O) groups excluding carboxylic acids is 2. The number of aliphatic hydroxyl groups excluding tert-OH is 1. The lowest BCUT2D eigenvalue weighted by Gasteiger charge is -2.25. The van der Waals surface area contributed by atoms with Gasteiger partial charge in [-0.15, -0.1) is 0 Å². The number of nitro benzene ring substituents is 1. The van der Waals surface area contributed by atoms with E-state index < -0.39 is 28.4 Å². The lowest BCUT2D eigenvalue weighted by atomic mass is 9.94. The van der Waals surface area contributed by atoms with Gasteiger partial charge < -0.3 is 19.5 Å². The third-order valence-electron chi connectivity index (χ3n) is 6.17. The van der Waals surface area contributed by atoms with Crippen LogP contribution in [0.2, 0.25) is 0 Å². The molecule has 3 aromatic carbocycles. The molecule has 0 radical (unpaired) electrons. The first-order valence-electron chi connectivity index (χ1n) is 11.3. The van der Waals surface area contributed by atoms with Gasteiger partial charge in [-0.05, 0) is 42.3 Å². The van der Waals surface area contributed by atoms with Crippen molar-refractivity contribution < 1.29 is 29.1 Å². The van der Waals surface area contributed by atoms with Crippen LogP contribution in [0.15, 0.2) is 76.8 Å². The molecule has 3 aromatic rings. The van der Waals surface area contributed by atoms with Crippen molar-refractivity contribution in [2.24, 2.45) is 0 Å². The molecule has 1 unspecified atom stereocenters. The number of hydrogen-bond acceptors (Lipinski definition) is 7. The summed E-state index contributed by atoms with van der Waals surface area (Å²) in [4.78, 5) is 39.0. The number of ether oxygens (including phenoxy) is 2. The zero-order chi connectivity index (χ0) is 26.7. The molecule has 1 aliphatic rings. The summed E-state index contributed by atoms with van der Waals surface area (Å²) < 4.78 is 11.4. The number of ketones is 1. The van der Waals surface area contributed by atoms with E-state index in [-0.39, 0.29) is 23.4 Å². The Morgan fingerprint density at radius 2 is 1.70 bits per heavy atom. The SMILES string of the molecule is COc1ccc(CCN2C(=O)C(=O)C(=C(O)c3ccc(Br)cc3)C2c2ccccc2[N+](=O)[O-])cc1OC. The Labute approximate surface area is 221 Å². The Hall–Kier alpha value is -4.18. The third-order valence-corrected chi connectivity index (χ3v) is 6.70. The maximum absolute atomic E-state index is 13.2. The Bertz CT molecular complexity index is 1400. The number of Topliss-reactive ketones (excluding diaryl/α,β-unsaturated/α-hetero) is 1. The van der Waals surface area contributed by atoms with E-state index in [9.17, 15) is 24.8 Å². The molecule has 1 fully saturated rings. The highest BCUT2D eigenvalue weighted by molar-refractivity contribution is 9.10. The summed E-state index contributed by atoms with van der Waals surface area (Å²) in [7, 11) is 3.03. The molecule has 0 aromatic heterocycles. The monoisotopic (exact) mass is 566 g/mol. The second-order valence-electron chi connectivity index (χ2n) is 8.25. The molecule has 37 heavy (non-hydrogen) atoms. The minimum Gasteiger partial charge on any atom is -0.507 e. The number of nitro groups is 1. The van der Waals surface area contributed by atoms with Gasteiger partial charge in [0.05, 0.1) is 36.3 Å². The van der Waals surface area contributed by atoms with Crippen molar-refractivity contribution in [3.05, 3.63) is 104 Å². The van der Waals surface area contributed by atoms with Crippen LogP contribution >= 0.6 is 15.9 Å². The summed E-state index contributed by atoms with van der Waals surface area (Å²) in [6.07, 6.45) is 0.322. The Kier molecular flexibility index (Phi) is 7.58. The Balaban J connectivity index is 1.80. The van der Waals surface area contributed by atoms with Crippen LogP contribution in [-0.2, 0) is 16.0 Å². The van der Waals surface area contributed by atoms with Gasteiger partial charge in [-0.2, -0.15) is 0 Å². The molecule has 1 N–H and O–H groups in total. The van der Waals surface area contributed by atoms with E-state index in [4.69, 9.17) is 9.47 Å². The largest absolute Gasteiger partial charge is 0.507 e. The van der Waals surface area contributed by atoms with Gasteiger partial charge in [0.2, 0.25) is 0 Å². The molecule has 0 bridgehead atoms. The van der Waals surface area contributed by atoms with Crippen LogP contribution in [0.1, 0.15) is 22.7 Å². The van der Waals surface area contributed by atoms with Gasteiger partial charge in [0.1, 0.15) is 5.76 Å². The standard InChI is InChI=1S/C27H23BrN2O7/c1-36-21-12-7-16(15-22(21)37-2)13-14-29-24(19-5-3-4-6-20(19)30(34)35)23(26(32)27(29)33)25(31)17-8-10-18(28)11-9-17/h3-12,15,24,31H,13-14H2,1-2H3. The summed E-state index contributed by atoms with van der Waals surface area (Å²) in [5, 5.41) is 23.0. The lowest BCUT2D eigenvalue weighted by molar-refractivity contribution is -0.385. The number of halogens is 1. The molecule has 190 valence electrons. The first-order valence-corrected chi connectivity index (χ1v) is 12.0. The average Bonchev–Trinajstić information content (AvgIpc) is 3.16. The fourth-order valence-electron chi connectivity index (χ4n) is 4.37. The normalized spacial score (nSPS) is 16.6. The number of methoxy groups -OCH3 is 2. The number of para-hydroxylation sites is 1. The van der Waals surface area contributed by atoms with Crippen molar-refractivity contribution in [1.29, 1.82) is 0 Å². The second kappa shape index (κ2) is 10.8. The van der Waals surface area contributed by atoms with E-state index in [1.54, 1.807) is 48.5 Å². The van der Waals surface area contributed by atoms with E-state index in [2.05, 4.69) is 15.9 Å². The van der Waals surface area contributed by atoms with Gasteiger partial charge in [-0.3, -0.25) is 19.7 Å². The predicted molar refractivity (Wildman–Crippen MR) is 139 cm³/mol. The zero-order valence-electron chi connectivity index (χ0n) is 20.0. The Morgan fingerprint density at radius 1 is 1.03 bits per heavy atom. The quantitative estimate of drug-likeness (QED) is 0.133. The third kappa shape index (κ3) is 5.05. The summed E-state index contributed by atoms with van der Waals surface area (Å²) in [5.74, 6) is -1.10. The minimum atomic E-state index is -1.15. The molecular formula is C27H23BrN2O7. The van der Waals surface area contributed by atoms with E-state index in [1.165, 1.54) is 37.3 Å². The van der Waals surface area contributed by atoms with E-state index in [1.807, 2.05) is 0 Å². The topological polar surface area (TPSA) is 119 Å². The van der Waals surface area contributed by atoms with Crippen LogP contribution in [0.4, 0.5) is 5.69 Å². The predicted octanol–water partition coefficient (Wildman–Crippen LogP) is 5.04. The summed E-state index contributed by atoms with van der Waals surface area (Å²) >= 11 is 3.33. The van der Waals surface area contributed by atoms with E-state index in [0.29, 0.717) is 23.5 Å². The van der Waals surface area contributed by atoms with Crippen molar-refractivity contribution in [3.63, 3.8) is 0 Å². The van der Waals surface area contributed by atoms with Crippen LogP contribution in [0, 0.1) is 10.1 Å². The van der Waals surface area contributed by atoms with Crippen LogP contribution in [-0.4, -0.2) is 47.4 Å². The average molecular weight is 567 g/mol. The van der Waals surface area contributed by atoms with Gasteiger partial charge in [0.25, 0.3) is 17.4 Å². The first kappa shape index (κ1) is 25.9. The van der Waals surface area contributed by atoms with Gasteiger partial charge >= 0.3 is 0 Å². The fraction of sp³-hybridized carbons (Fsp3) is 0.185. The molecule has 0 spiro atoms. The van der Waals surface area contributed by atoms with Crippen LogP contribution in [0.5, 0.6) is 11.5 Å². The molecule has 0 saturated carbocycles. The van der Waals surface area contributed by atoms with Crippen LogP contribution < -0.4 is 9.47 Å². The van der Waals surface area contributed by atoms with Crippen LogP contribution in [0.3, 0.4) is 0 Å². The second-order valence-corrected chi connectivity index (χ2v) is 9.17. The number of hydrogen-bond donors (Lipinski definition) is 1. The van der Waals surface area contributed by atoms with Gasteiger partial charge in [0.15, 0.2) is 11.5 Å². The highest BCUT2D eigenvalue weighted by Gasteiger charge is 2.47. The summed E-state index contributed by atoms with van der Waals surface area (Å²) in [5.41, 5.74) is 0.789. The highest BCUT2D eigenvalue weighted by Crippen LogP contribution is 2.42. The zero-order valence-corrected chi connectivity index (χ0v) is 21.6. The maximum atomic E-state index is 13.2. The molecular weight excluding hydrogens is 544 g/mol. The summed E-state index contributed by atoms with van der Waals surface area (Å²) in [6.45, 7) is 0.0634. The number of likely N-dealkylation sites (tertiary alicyclic amines) is 1. The molecule has 1 heterocycles. The van der Waals surface area contributed by atoms with Gasteiger partial charge in [-0.1, -0.05) is 46.3 Å². The molecule has 0 aliphatic carbocycles. The van der Waals surface area contributed by atoms with Crippen molar-refractivity contribution in [1.82, 2.24) is 4.90 Å². The number of rotatable bonds is 8. The highest BCUT2D eigenvalue weighted by atomic mass is 79.9. The minimum absolute atomic E-state index is 0.0634. The molecule has 1 atom stereocenters.